The van der Waals surface area contributed by atoms with Gasteiger partial charge in [-0.2, -0.15) is 11.8 Å². The Kier molecular flexibility index (Phi) is 6.03. The van der Waals surface area contributed by atoms with Crippen molar-refractivity contribution in [3.63, 3.8) is 0 Å². The van der Waals surface area contributed by atoms with Gasteiger partial charge in [0, 0.05) is 29.6 Å². The molecule has 33 heavy (non-hydrogen) atoms. The molecule has 3 aromatic heterocycles. The van der Waals surface area contributed by atoms with Crippen LogP contribution in [-0.4, -0.2) is 53.8 Å². The van der Waals surface area contributed by atoms with E-state index in [0.717, 1.165) is 22.4 Å². The van der Waals surface area contributed by atoms with E-state index in [2.05, 4.69) is 27.1 Å². The molecule has 4 N–H and O–H groups in total. The standard InChI is InChI=1S/C24H25N5O3S/c1-14-18(16(7-9-26-14)15-5-3-2-4-6-15)11-33-12-19-20(30)21(31)24(32-19)29-10-8-17-22(25)27-13-28-23(17)29/h2-10,13,19-21,24,30-31H,11-12H2,1H3,(H2,25,27,28)/t19-,20-,21-,24-/m1/s1. The van der Waals surface area contributed by atoms with E-state index < -0.39 is 24.5 Å². The highest BCUT2D eigenvalue weighted by atomic mass is 32.2. The van der Waals surface area contributed by atoms with Crippen LogP contribution in [0.1, 0.15) is 17.5 Å². The minimum atomic E-state index is -1.08. The number of aryl methyl sites for hydroxylation is 1. The fourth-order valence-electron chi connectivity index (χ4n) is 4.24. The molecule has 0 radical (unpaired) electrons. The molecule has 4 heterocycles. The first-order valence-electron chi connectivity index (χ1n) is 10.7. The molecule has 0 amide bonds. The molecule has 0 spiro atoms. The van der Waals surface area contributed by atoms with Gasteiger partial charge in [0.1, 0.15) is 30.0 Å². The molecular formula is C24H25N5O3S. The van der Waals surface area contributed by atoms with Gasteiger partial charge in [0.2, 0.25) is 0 Å². The number of pyridine rings is 1. The van der Waals surface area contributed by atoms with E-state index in [0.29, 0.717) is 28.4 Å². The first kappa shape index (κ1) is 21.8. The zero-order valence-electron chi connectivity index (χ0n) is 18.1. The number of hydrogen-bond donors (Lipinski definition) is 3. The number of aliphatic hydroxyl groups excluding tert-OH is 2. The molecule has 1 fully saturated rings. The van der Waals surface area contributed by atoms with Crippen LogP contribution in [0.2, 0.25) is 0 Å². The number of nitrogens with two attached hydrogens (primary N) is 1. The number of anilines is 1. The SMILES string of the molecule is Cc1nccc(-c2ccccc2)c1CSC[C@H]1O[C@@H](n2ccc3c(N)ncnc32)[C@H](O)[C@@H]1O. The Morgan fingerprint density at radius 3 is 2.70 bits per heavy atom. The second kappa shape index (κ2) is 9.11. The third-order valence-electron chi connectivity index (χ3n) is 6.04. The highest BCUT2D eigenvalue weighted by Crippen LogP contribution is 2.35. The Balaban J connectivity index is 1.30. The second-order valence-corrected chi connectivity index (χ2v) is 9.10. The van der Waals surface area contributed by atoms with Crippen LogP contribution in [0.4, 0.5) is 5.82 Å². The number of thioether (sulfide) groups is 1. The molecule has 0 aliphatic carbocycles. The summed E-state index contributed by atoms with van der Waals surface area (Å²) in [7, 11) is 0. The lowest BCUT2D eigenvalue weighted by molar-refractivity contribution is -0.0285. The molecule has 1 aliphatic rings. The average molecular weight is 464 g/mol. The molecule has 170 valence electrons. The van der Waals surface area contributed by atoms with Crippen LogP contribution in [0.5, 0.6) is 0 Å². The fraction of sp³-hybridized carbons (Fsp3) is 0.292. The Hall–Kier alpha value is -2.98. The Morgan fingerprint density at radius 2 is 1.88 bits per heavy atom. The highest BCUT2D eigenvalue weighted by molar-refractivity contribution is 7.98. The number of nitrogen functional groups attached to an aromatic ring is 1. The molecule has 1 aromatic carbocycles. The summed E-state index contributed by atoms with van der Waals surface area (Å²) in [5.41, 5.74) is 10.9. The zero-order valence-corrected chi connectivity index (χ0v) is 18.9. The lowest BCUT2D eigenvalue weighted by atomic mass is 10.0. The summed E-state index contributed by atoms with van der Waals surface area (Å²) in [6.07, 6.45) is 1.58. The molecule has 4 aromatic rings. The number of benzene rings is 1. The molecule has 9 heteroatoms. The van der Waals surface area contributed by atoms with Crippen molar-refractivity contribution in [1.29, 1.82) is 0 Å². The summed E-state index contributed by atoms with van der Waals surface area (Å²) in [5, 5.41) is 22.0. The Bertz CT molecular complexity index is 1270. The van der Waals surface area contributed by atoms with Crippen molar-refractivity contribution < 1.29 is 14.9 Å². The maximum Gasteiger partial charge on any atom is 0.164 e. The molecular weight excluding hydrogens is 438 g/mol. The summed E-state index contributed by atoms with van der Waals surface area (Å²) in [6, 6.07) is 14.0. The van der Waals surface area contributed by atoms with Crippen molar-refractivity contribution in [3.05, 3.63) is 72.4 Å². The van der Waals surface area contributed by atoms with E-state index in [4.69, 9.17) is 10.5 Å². The minimum Gasteiger partial charge on any atom is -0.387 e. The van der Waals surface area contributed by atoms with E-state index in [-0.39, 0.29) is 0 Å². The van der Waals surface area contributed by atoms with E-state index >= 15 is 0 Å². The normalized spacial score (nSPS) is 22.8. The van der Waals surface area contributed by atoms with Crippen LogP contribution in [0.15, 0.2) is 61.2 Å². The van der Waals surface area contributed by atoms with Gasteiger partial charge in [-0.25, -0.2) is 9.97 Å². The topological polar surface area (TPSA) is 119 Å². The van der Waals surface area contributed by atoms with E-state index in [1.54, 1.807) is 28.6 Å². The number of ether oxygens (including phenoxy) is 1. The molecule has 1 aliphatic heterocycles. The van der Waals surface area contributed by atoms with Crippen molar-refractivity contribution in [1.82, 2.24) is 19.5 Å². The third kappa shape index (κ3) is 4.08. The van der Waals surface area contributed by atoms with Gasteiger partial charge in [-0.05, 0) is 35.7 Å². The molecule has 0 bridgehead atoms. The molecule has 4 atom stereocenters. The van der Waals surface area contributed by atoms with Gasteiger partial charge in [-0.3, -0.25) is 4.98 Å². The molecule has 0 saturated carbocycles. The Morgan fingerprint density at radius 1 is 1.06 bits per heavy atom. The average Bonchev–Trinajstić information content (AvgIpc) is 3.38. The molecule has 5 rings (SSSR count). The van der Waals surface area contributed by atoms with Crippen molar-refractivity contribution in [3.8, 4) is 11.1 Å². The maximum atomic E-state index is 10.7. The number of fused-ring (bicyclic) bond motifs is 1. The summed E-state index contributed by atoms with van der Waals surface area (Å²) < 4.78 is 7.79. The minimum absolute atomic E-state index is 0.361. The first-order chi connectivity index (χ1) is 16.0. The van der Waals surface area contributed by atoms with E-state index in [1.807, 2.05) is 37.4 Å². The fourth-order valence-corrected chi connectivity index (χ4v) is 5.43. The summed E-state index contributed by atoms with van der Waals surface area (Å²) >= 11 is 1.65. The quantitative estimate of drug-likeness (QED) is 0.399. The van der Waals surface area contributed by atoms with Crippen molar-refractivity contribution in [2.45, 2.75) is 37.2 Å². The monoisotopic (exact) mass is 463 g/mol. The van der Waals surface area contributed by atoms with Crippen LogP contribution in [-0.2, 0) is 10.5 Å². The van der Waals surface area contributed by atoms with Crippen molar-refractivity contribution >= 4 is 28.6 Å². The number of rotatable bonds is 6. The predicted octanol–water partition coefficient (Wildman–Crippen LogP) is 2.94. The zero-order chi connectivity index (χ0) is 22.9. The lowest BCUT2D eigenvalue weighted by Crippen LogP contribution is -2.32. The van der Waals surface area contributed by atoms with Gasteiger partial charge in [0.25, 0.3) is 0 Å². The number of aliphatic hydroxyl groups is 2. The maximum absolute atomic E-state index is 10.7. The van der Waals surface area contributed by atoms with E-state index in [1.165, 1.54) is 6.33 Å². The summed E-state index contributed by atoms with van der Waals surface area (Å²) in [6.45, 7) is 2.01. The van der Waals surface area contributed by atoms with Crippen LogP contribution in [0.3, 0.4) is 0 Å². The van der Waals surface area contributed by atoms with Crippen LogP contribution in [0.25, 0.3) is 22.2 Å². The number of hydrogen-bond acceptors (Lipinski definition) is 8. The lowest BCUT2D eigenvalue weighted by Gasteiger charge is -2.17. The number of nitrogens with zero attached hydrogens (tertiary/aromatic N) is 4. The van der Waals surface area contributed by atoms with Crippen molar-refractivity contribution in [2.75, 3.05) is 11.5 Å². The van der Waals surface area contributed by atoms with Gasteiger partial charge in [0.05, 0.1) is 11.5 Å². The summed E-state index contributed by atoms with van der Waals surface area (Å²) in [5.74, 6) is 1.60. The Labute approximate surface area is 195 Å². The van der Waals surface area contributed by atoms with Gasteiger partial charge in [-0.15, -0.1) is 0 Å². The smallest absolute Gasteiger partial charge is 0.164 e. The first-order valence-corrected chi connectivity index (χ1v) is 11.9. The second-order valence-electron chi connectivity index (χ2n) is 8.07. The summed E-state index contributed by atoms with van der Waals surface area (Å²) in [4.78, 5) is 12.7. The predicted molar refractivity (Wildman–Crippen MR) is 128 cm³/mol. The van der Waals surface area contributed by atoms with Crippen LogP contribution >= 0.6 is 11.8 Å². The van der Waals surface area contributed by atoms with Crippen LogP contribution < -0.4 is 5.73 Å². The number of aromatic nitrogens is 4. The third-order valence-corrected chi connectivity index (χ3v) is 7.09. The van der Waals surface area contributed by atoms with Gasteiger partial charge < -0.3 is 25.3 Å². The van der Waals surface area contributed by atoms with Gasteiger partial charge >= 0.3 is 0 Å². The highest BCUT2D eigenvalue weighted by Gasteiger charge is 2.44. The molecule has 0 unspecified atom stereocenters. The molecule has 1 saturated heterocycles. The van der Waals surface area contributed by atoms with E-state index in [9.17, 15) is 10.2 Å². The largest absolute Gasteiger partial charge is 0.387 e. The van der Waals surface area contributed by atoms with Crippen molar-refractivity contribution in [2.24, 2.45) is 0 Å². The molecule has 8 nitrogen and oxygen atoms in total. The van der Waals surface area contributed by atoms with Crippen LogP contribution in [0, 0.1) is 6.92 Å². The van der Waals surface area contributed by atoms with Gasteiger partial charge in [-0.1, -0.05) is 30.3 Å². The van der Waals surface area contributed by atoms with Gasteiger partial charge in [0.15, 0.2) is 6.23 Å².